The Morgan fingerprint density at radius 1 is 1.15 bits per heavy atom. The molecule has 0 heterocycles. The third-order valence-electron chi connectivity index (χ3n) is 1.41. The fraction of sp³-hybridized carbons (Fsp3) is 0.300. The van der Waals surface area contributed by atoms with Crippen LogP contribution in [0.1, 0.15) is 0 Å². The number of guanidine groups is 1. The number of aliphatic imine (C=N–C) groups is 1. The first-order valence-electron chi connectivity index (χ1n) is 4.13. The van der Waals surface area contributed by atoms with Gasteiger partial charge in [0.05, 0.1) is 6.54 Å². The van der Waals surface area contributed by atoms with Crippen LogP contribution < -0.4 is 5.73 Å². The number of hydrogen-bond donors (Lipinski definition) is 1. The monoisotopic (exact) mass is 179 g/mol. The number of nitrogens with two attached hydrogens (primary N) is 1. The summed E-state index contributed by atoms with van der Waals surface area (Å²) in [6.07, 6.45) is 5.26. The van der Waals surface area contributed by atoms with Crippen molar-refractivity contribution >= 4 is 5.96 Å². The summed E-state index contributed by atoms with van der Waals surface area (Å²) in [4.78, 5) is 5.97. The van der Waals surface area contributed by atoms with E-state index in [2.05, 4.69) is 24.7 Å². The maximum Gasteiger partial charge on any atom is 0.192 e. The van der Waals surface area contributed by atoms with E-state index in [1.807, 2.05) is 4.90 Å². The molecule has 0 aliphatic heterocycles. The molecule has 2 N–H and O–H groups in total. The summed E-state index contributed by atoms with van der Waals surface area (Å²) < 4.78 is 0. The van der Waals surface area contributed by atoms with Crippen LogP contribution in [0.2, 0.25) is 0 Å². The zero-order valence-electron chi connectivity index (χ0n) is 7.95. The van der Waals surface area contributed by atoms with E-state index < -0.39 is 0 Å². The Balaban J connectivity index is 4.23. The third-order valence-corrected chi connectivity index (χ3v) is 1.41. The van der Waals surface area contributed by atoms with Crippen molar-refractivity contribution in [3.63, 3.8) is 0 Å². The molecule has 0 bridgehead atoms. The Bertz CT molecular complexity index is 196. The van der Waals surface area contributed by atoms with Crippen LogP contribution in [-0.4, -0.2) is 30.5 Å². The molecule has 0 aromatic heterocycles. The molecule has 0 atom stereocenters. The van der Waals surface area contributed by atoms with Gasteiger partial charge in [0, 0.05) is 13.1 Å². The Morgan fingerprint density at radius 2 is 1.69 bits per heavy atom. The lowest BCUT2D eigenvalue weighted by Gasteiger charge is -2.19. The maximum atomic E-state index is 5.71. The first kappa shape index (κ1) is 11.5. The van der Waals surface area contributed by atoms with Gasteiger partial charge in [-0.2, -0.15) is 0 Å². The van der Waals surface area contributed by atoms with Crippen molar-refractivity contribution in [2.24, 2.45) is 10.7 Å². The fourth-order valence-corrected chi connectivity index (χ4v) is 0.831. The van der Waals surface area contributed by atoms with E-state index in [0.29, 0.717) is 25.6 Å². The highest BCUT2D eigenvalue weighted by atomic mass is 15.2. The van der Waals surface area contributed by atoms with Gasteiger partial charge in [0.15, 0.2) is 5.96 Å². The van der Waals surface area contributed by atoms with Gasteiger partial charge in [0.25, 0.3) is 0 Å². The summed E-state index contributed by atoms with van der Waals surface area (Å²) in [6.45, 7) is 12.7. The van der Waals surface area contributed by atoms with Crippen molar-refractivity contribution < 1.29 is 0 Å². The zero-order chi connectivity index (χ0) is 10.1. The van der Waals surface area contributed by atoms with Crippen molar-refractivity contribution in [2.75, 3.05) is 19.6 Å². The zero-order valence-corrected chi connectivity index (χ0v) is 7.95. The molecule has 72 valence electrons. The Morgan fingerprint density at radius 3 is 2.08 bits per heavy atom. The second kappa shape index (κ2) is 7.16. The van der Waals surface area contributed by atoms with Crippen LogP contribution in [0.3, 0.4) is 0 Å². The van der Waals surface area contributed by atoms with E-state index >= 15 is 0 Å². The van der Waals surface area contributed by atoms with Gasteiger partial charge in [-0.1, -0.05) is 18.2 Å². The molecule has 0 rings (SSSR count). The SMILES string of the molecule is C=CCN=C(N)N(CC=C)CC=C. The van der Waals surface area contributed by atoms with E-state index in [9.17, 15) is 0 Å². The van der Waals surface area contributed by atoms with E-state index in [-0.39, 0.29) is 0 Å². The second-order valence-electron chi connectivity index (χ2n) is 2.47. The Hall–Kier alpha value is -1.51. The number of hydrogen-bond acceptors (Lipinski definition) is 1. The lowest BCUT2D eigenvalue weighted by atomic mass is 10.4. The molecular formula is C10H17N3. The number of nitrogens with zero attached hydrogens (tertiary/aromatic N) is 2. The van der Waals surface area contributed by atoms with Gasteiger partial charge in [-0.15, -0.1) is 19.7 Å². The largest absolute Gasteiger partial charge is 0.370 e. The van der Waals surface area contributed by atoms with Crippen molar-refractivity contribution in [3.8, 4) is 0 Å². The van der Waals surface area contributed by atoms with E-state index in [0.717, 1.165) is 0 Å². The summed E-state index contributed by atoms with van der Waals surface area (Å²) in [5, 5.41) is 0. The average molecular weight is 179 g/mol. The van der Waals surface area contributed by atoms with E-state index in [1.54, 1.807) is 18.2 Å². The highest BCUT2D eigenvalue weighted by Gasteiger charge is 2.01. The molecule has 0 spiro atoms. The first-order chi connectivity index (χ1) is 6.26. The molecule has 13 heavy (non-hydrogen) atoms. The molecule has 3 nitrogen and oxygen atoms in total. The highest BCUT2D eigenvalue weighted by molar-refractivity contribution is 5.78. The van der Waals surface area contributed by atoms with Crippen molar-refractivity contribution in [1.29, 1.82) is 0 Å². The van der Waals surface area contributed by atoms with Crippen LogP contribution >= 0.6 is 0 Å². The number of rotatable bonds is 6. The smallest absolute Gasteiger partial charge is 0.192 e. The molecule has 0 unspecified atom stereocenters. The summed E-state index contributed by atoms with van der Waals surface area (Å²) in [5.41, 5.74) is 5.71. The van der Waals surface area contributed by atoms with Gasteiger partial charge >= 0.3 is 0 Å². The summed E-state index contributed by atoms with van der Waals surface area (Å²) in [5.74, 6) is 0.500. The molecule has 0 aromatic rings. The molecule has 0 radical (unpaired) electrons. The van der Waals surface area contributed by atoms with Crippen LogP contribution in [0.25, 0.3) is 0 Å². The van der Waals surface area contributed by atoms with E-state index in [1.165, 1.54) is 0 Å². The normalized spacial score (nSPS) is 10.6. The molecule has 0 saturated carbocycles. The minimum absolute atomic E-state index is 0.500. The Kier molecular flexibility index (Phi) is 6.32. The van der Waals surface area contributed by atoms with Gasteiger partial charge in [0.2, 0.25) is 0 Å². The molecule has 0 aromatic carbocycles. The minimum atomic E-state index is 0.500. The molecule has 0 fully saturated rings. The molecule has 0 amide bonds. The second-order valence-corrected chi connectivity index (χ2v) is 2.47. The predicted molar refractivity (Wildman–Crippen MR) is 58.7 cm³/mol. The quantitative estimate of drug-likeness (QED) is 0.377. The van der Waals surface area contributed by atoms with E-state index in [4.69, 9.17) is 5.73 Å². The van der Waals surface area contributed by atoms with Gasteiger partial charge < -0.3 is 10.6 Å². The summed E-state index contributed by atoms with van der Waals surface area (Å²) in [7, 11) is 0. The van der Waals surface area contributed by atoms with Crippen LogP contribution in [0, 0.1) is 0 Å². The van der Waals surface area contributed by atoms with Gasteiger partial charge in [0.1, 0.15) is 0 Å². The fourth-order valence-electron chi connectivity index (χ4n) is 0.831. The van der Waals surface area contributed by atoms with Gasteiger partial charge in [-0.05, 0) is 0 Å². The van der Waals surface area contributed by atoms with Gasteiger partial charge in [-0.3, -0.25) is 0 Å². The van der Waals surface area contributed by atoms with Crippen molar-refractivity contribution in [3.05, 3.63) is 38.0 Å². The molecule has 0 saturated heterocycles. The van der Waals surface area contributed by atoms with Crippen LogP contribution in [-0.2, 0) is 0 Å². The predicted octanol–water partition coefficient (Wildman–Crippen LogP) is 1.16. The van der Waals surface area contributed by atoms with Crippen LogP contribution in [0.15, 0.2) is 43.0 Å². The lowest BCUT2D eigenvalue weighted by Crippen LogP contribution is -2.37. The third kappa shape index (κ3) is 4.85. The van der Waals surface area contributed by atoms with Gasteiger partial charge in [-0.25, -0.2) is 4.99 Å². The maximum absolute atomic E-state index is 5.71. The minimum Gasteiger partial charge on any atom is -0.370 e. The Labute approximate surface area is 79.9 Å². The molecule has 0 aliphatic carbocycles. The lowest BCUT2D eigenvalue weighted by molar-refractivity contribution is 0.506. The van der Waals surface area contributed by atoms with Crippen LogP contribution in [0.4, 0.5) is 0 Å². The molecular weight excluding hydrogens is 162 g/mol. The standard InChI is InChI=1S/C10H17N3/c1-4-7-12-10(11)13(8-5-2)9-6-3/h4-6H,1-3,7-9H2,(H2,11,12). The topological polar surface area (TPSA) is 41.6 Å². The molecule has 3 heteroatoms. The average Bonchev–Trinajstić information content (AvgIpc) is 2.14. The highest BCUT2D eigenvalue weighted by Crippen LogP contribution is 1.89. The van der Waals surface area contributed by atoms with Crippen molar-refractivity contribution in [1.82, 2.24) is 4.90 Å². The summed E-state index contributed by atoms with van der Waals surface area (Å²) >= 11 is 0. The van der Waals surface area contributed by atoms with Crippen molar-refractivity contribution in [2.45, 2.75) is 0 Å². The summed E-state index contributed by atoms with van der Waals surface area (Å²) in [6, 6.07) is 0. The van der Waals surface area contributed by atoms with Crippen LogP contribution in [0.5, 0.6) is 0 Å². The molecule has 0 aliphatic rings. The first-order valence-corrected chi connectivity index (χ1v) is 4.13.